The molecule has 152 valence electrons. The maximum atomic E-state index is 12.6. The van der Waals surface area contributed by atoms with Gasteiger partial charge in [-0.15, -0.1) is 0 Å². The Balaban J connectivity index is 2.80. The maximum absolute atomic E-state index is 12.6. The van der Waals surface area contributed by atoms with Crippen LogP contribution in [0.2, 0.25) is 5.02 Å². The average molecular weight is 410 g/mol. The van der Waals surface area contributed by atoms with Gasteiger partial charge in [-0.2, -0.15) is 0 Å². The molecule has 0 aliphatic rings. The number of esters is 1. The molecule has 7 nitrogen and oxygen atoms in total. The molecule has 2 N–H and O–H groups in total. The van der Waals surface area contributed by atoms with Crippen LogP contribution in [0.5, 0.6) is 11.5 Å². The summed E-state index contributed by atoms with van der Waals surface area (Å²) >= 11 is 6.20. The fourth-order valence-electron chi connectivity index (χ4n) is 2.93. The lowest BCUT2D eigenvalue weighted by atomic mass is 10.0. The second-order valence-corrected chi connectivity index (χ2v) is 6.97. The van der Waals surface area contributed by atoms with E-state index in [1.54, 1.807) is 11.5 Å². The molecule has 8 heteroatoms. The highest BCUT2D eigenvalue weighted by molar-refractivity contribution is 6.32. The van der Waals surface area contributed by atoms with Crippen LogP contribution in [0, 0.1) is 5.92 Å². The van der Waals surface area contributed by atoms with Crippen LogP contribution in [0.25, 0.3) is 11.3 Å². The Labute approximate surface area is 168 Å². The van der Waals surface area contributed by atoms with Crippen LogP contribution in [-0.2, 0) is 4.74 Å². The number of hydrogen-bond acceptors (Lipinski definition) is 6. The zero-order valence-electron chi connectivity index (χ0n) is 16.2. The zero-order chi connectivity index (χ0) is 21.0. The first kappa shape index (κ1) is 21.8. The normalized spacial score (nSPS) is 12.1. The Bertz CT molecular complexity index is 922. The van der Waals surface area contributed by atoms with Crippen molar-refractivity contribution in [3.8, 4) is 22.8 Å². The van der Waals surface area contributed by atoms with Gasteiger partial charge in [-0.25, -0.2) is 4.79 Å². The Kier molecular flexibility index (Phi) is 7.10. The third kappa shape index (κ3) is 4.31. The summed E-state index contributed by atoms with van der Waals surface area (Å²) in [7, 11) is 1.42. The molecule has 0 spiro atoms. The smallest absolute Gasteiger partial charge is 0.343 e. The van der Waals surface area contributed by atoms with Crippen molar-refractivity contribution in [3.63, 3.8) is 0 Å². The van der Waals surface area contributed by atoms with E-state index in [0.29, 0.717) is 5.69 Å². The second kappa shape index (κ2) is 9.12. The molecule has 1 heterocycles. The van der Waals surface area contributed by atoms with Crippen molar-refractivity contribution in [1.29, 1.82) is 0 Å². The number of rotatable bonds is 7. The highest BCUT2D eigenvalue weighted by atomic mass is 35.5. The first-order chi connectivity index (χ1) is 13.2. The highest BCUT2D eigenvalue weighted by Crippen LogP contribution is 2.38. The van der Waals surface area contributed by atoms with Crippen molar-refractivity contribution in [2.75, 3.05) is 20.3 Å². The number of aromatic hydroxyl groups is 1. The lowest BCUT2D eigenvalue weighted by Crippen LogP contribution is -2.26. The summed E-state index contributed by atoms with van der Waals surface area (Å²) in [6.45, 7) is 5.33. The van der Waals surface area contributed by atoms with Crippen molar-refractivity contribution >= 4 is 17.6 Å². The Hall–Kier alpha value is -2.51. The summed E-state index contributed by atoms with van der Waals surface area (Å²) in [4.78, 5) is 24.7. The molecule has 1 aromatic carbocycles. The number of aliphatic hydroxyl groups excluding tert-OH is 1. The molecule has 1 aromatic heterocycles. The summed E-state index contributed by atoms with van der Waals surface area (Å²) in [5.41, 5.74) is -0.120. The van der Waals surface area contributed by atoms with Gasteiger partial charge in [0.05, 0.1) is 37.1 Å². The van der Waals surface area contributed by atoms with E-state index >= 15 is 0 Å². The van der Waals surface area contributed by atoms with E-state index in [-0.39, 0.29) is 46.8 Å². The van der Waals surface area contributed by atoms with Crippen LogP contribution in [0.15, 0.2) is 29.2 Å². The molecule has 28 heavy (non-hydrogen) atoms. The second-order valence-electron chi connectivity index (χ2n) is 6.56. The van der Waals surface area contributed by atoms with Gasteiger partial charge in [-0.3, -0.25) is 4.79 Å². The molecular weight excluding hydrogens is 386 g/mol. The van der Waals surface area contributed by atoms with E-state index in [1.807, 2.05) is 13.8 Å². The van der Waals surface area contributed by atoms with Gasteiger partial charge in [-0.1, -0.05) is 25.4 Å². The standard InChI is InChI=1S/C20H24ClNO6/c1-5-28-20(26)13-9-22(16(10-23)11(2)3)15(7-17(13)24)12-6-14(21)19(27-4)8-18(12)25/h6-9,11,16,23,25H,5,10H2,1-4H3. The maximum Gasteiger partial charge on any atom is 0.343 e. The number of benzene rings is 1. The summed E-state index contributed by atoms with van der Waals surface area (Å²) in [6.07, 6.45) is 1.36. The number of carbonyl (C=O) groups excluding carboxylic acids is 1. The van der Waals surface area contributed by atoms with Crippen LogP contribution in [0.1, 0.15) is 37.2 Å². The predicted molar refractivity (Wildman–Crippen MR) is 106 cm³/mol. The number of aliphatic hydroxyl groups is 1. The van der Waals surface area contributed by atoms with Crippen LogP contribution >= 0.6 is 11.6 Å². The van der Waals surface area contributed by atoms with Crippen molar-refractivity contribution in [3.05, 3.63) is 45.2 Å². The Morgan fingerprint density at radius 1 is 1.29 bits per heavy atom. The van der Waals surface area contributed by atoms with Crippen LogP contribution in [-0.4, -0.2) is 41.1 Å². The molecule has 0 saturated carbocycles. The minimum atomic E-state index is -0.745. The van der Waals surface area contributed by atoms with Crippen molar-refractivity contribution < 1.29 is 24.5 Å². The lowest BCUT2D eigenvalue weighted by Gasteiger charge is -2.26. The summed E-state index contributed by atoms with van der Waals surface area (Å²) in [5.74, 6) is -0.649. The van der Waals surface area contributed by atoms with E-state index < -0.39 is 17.4 Å². The van der Waals surface area contributed by atoms with E-state index in [9.17, 15) is 19.8 Å². The van der Waals surface area contributed by atoms with Crippen LogP contribution < -0.4 is 10.2 Å². The number of nitrogens with zero attached hydrogens (tertiary/aromatic N) is 1. The quantitative estimate of drug-likeness (QED) is 0.681. The number of carbonyl (C=O) groups is 1. The number of pyridine rings is 1. The van der Waals surface area contributed by atoms with Gasteiger partial charge in [0.15, 0.2) is 5.43 Å². The van der Waals surface area contributed by atoms with Gasteiger partial charge in [0.2, 0.25) is 0 Å². The van der Waals surface area contributed by atoms with E-state index in [4.69, 9.17) is 21.1 Å². The monoisotopic (exact) mass is 409 g/mol. The number of aromatic nitrogens is 1. The number of ether oxygens (including phenoxy) is 2. The lowest BCUT2D eigenvalue weighted by molar-refractivity contribution is 0.0523. The minimum Gasteiger partial charge on any atom is -0.507 e. The largest absolute Gasteiger partial charge is 0.507 e. The summed E-state index contributed by atoms with van der Waals surface area (Å²) in [5, 5.41) is 20.6. The SMILES string of the molecule is CCOC(=O)c1cn(C(CO)C(C)C)c(-c2cc(Cl)c(OC)cc2O)cc1=O. The molecule has 0 fully saturated rings. The topological polar surface area (TPSA) is 98.0 Å². The van der Waals surface area contributed by atoms with Gasteiger partial charge in [0, 0.05) is 23.9 Å². The Morgan fingerprint density at radius 2 is 1.96 bits per heavy atom. The predicted octanol–water partition coefficient (Wildman–Crippen LogP) is 3.25. The third-order valence-electron chi connectivity index (χ3n) is 4.43. The number of methoxy groups -OCH3 is 1. The van der Waals surface area contributed by atoms with Gasteiger partial charge >= 0.3 is 5.97 Å². The van der Waals surface area contributed by atoms with Crippen molar-refractivity contribution in [2.24, 2.45) is 5.92 Å². The van der Waals surface area contributed by atoms with Crippen LogP contribution in [0.4, 0.5) is 0 Å². The molecule has 0 saturated heterocycles. The molecule has 1 unspecified atom stereocenters. The first-order valence-corrected chi connectivity index (χ1v) is 9.23. The molecule has 0 bridgehead atoms. The van der Waals surface area contributed by atoms with Gasteiger partial charge in [-0.05, 0) is 18.9 Å². The molecule has 0 radical (unpaired) electrons. The fourth-order valence-corrected chi connectivity index (χ4v) is 3.17. The molecule has 0 aliphatic heterocycles. The number of hydrogen-bond donors (Lipinski definition) is 2. The molecule has 1 atom stereocenters. The Morgan fingerprint density at radius 3 is 2.50 bits per heavy atom. The average Bonchev–Trinajstić information content (AvgIpc) is 2.64. The fraction of sp³-hybridized carbons (Fsp3) is 0.400. The van der Waals surface area contributed by atoms with Gasteiger partial charge < -0.3 is 24.3 Å². The first-order valence-electron chi connectivity index (χ1n) is 8.86. The van der Waals surface area contributed by atoms with E-state index in [0.717, 1.165) is 0 Å². The molecule has 0 aliphatic carbocycles. The highest BCUT2D eigenvalue weighted by Gasteiger charge is 2.24. The molecule has 2 aromatic rings. The van der Waals surface area contributed by atoms with Gasteiger partial charge in [0.1, 0.15) is 17.1 Å². The molecular formula is C20H24ClNO6. The van der Waals surface area contributed by atoms with Gasteiger partial charge in [0.25, 0.3) is 0 Å². The molecule has 2 rings (SSSR count). The number of phenolic OH excluding ortho intramolecular Hbond substituents is 1. The third-order valence-corrected chi connectivity index (χ3v) is 4.73. The molecule has 0 amide bonds. The number of phenols is 1. The van der Waals surface area contributed by atoms with Crippen molar-refractivity contribution in [1.82, 2.24) is 4.57 Å². The minimum absolute atomic E-state index is 0.0304. The van der Waals surface area contributed by atoms with E-state index in [2.05, 4.69) is 0 Å². The van der Waals surface area contributed by atoms with Crippen LogP contribution in [0.3, 0.4) is 0 Å². The summed E-state index contributed by atoms with van der Waals surface area (Å²) < 4.78 is 11.6. The summed E-state index contributed by atoms with van der Waals surface area (Å²) in [6, 6.07) is 3.59. The zero-order valence-corrected chi connectivity index (χ0v) is 17.0. The van der Waals surface area contributed by atoms with Crippen molar-refractivity contribution in [2.45, 2.75) is 26.8 Å². The number of halogens is 1. The van der Waals surface area contributed by atoms with E-state index in [1.165, 1.54) is 31.5 Å².